The number of amides is 1. The van der Waals surface area contributed by atoms with Gasteiger partial charge in [-0.2, -0.15) is 0 Å². The topological polar surface area (TPSA) is 118 Å². The van der Waals surface area contributed by atoms with Crippen LogP contribution in [0.3, 0.4) is 0 Å². The van der Waals surface area contributed by atoms with Crippen LogP contribution in [0.15, 0.2) is 55.1 Å². The Morgan fingerprint density at radius 2 is 1.92 bits per heavy atom. The van der Waals surface area contributed by atoms with Crippen molar-refractivity contribution in [2.75, 3.05) is 23.7 Å². The van der Waals surface area contributed by atoms with Crippen LogP contribution in [0.2, 0.25) is 5.02 Å². The lowest BCUT2D eigenvalue weighted by molar-refractivity contribution is 0.0951. The van der Waals surface area contributed by atoms with Gasteiger partial charge in [0.15, 0.2) is 11.5 Å². The number of imidazole rings is 1. The van der Waals surface area contributed by atoms with E-state index in [1.165, 1.54) is 12.7 Å². The predicted octanol–water partition coefficient (Wildman–Crippen LogP) is 4.51. The molecule has 1 fully saturated rings. The number of nitrogens with zero attached hydrogens (tertiary/aromatic N) is 5. The van der Waals surface area contributed by atoms with Crippen molar-refractivity contribution in [1.82, 2.24) is 29.8 Å². The number of anilines is 2. The van der Waals surface area contributed by atoms with E-state index in [1.54, 1.807) is 6.33 Å². The third kappa shape index (κ3) is 4.58. The summed E-state index contributed by atoms with van der Waals surface area (Å²) in [6.07, 6.45) is 6.70. The van der Waals surface area contributed by atoms with Crippen molar-refractivity contribution in [2.45, 2.75) is 32.4 Å². The number of aromatic nitrogens is 5. The summed E-state index contributed by atoms with van der Waals surface area (Å²) >= 11 is 6.46. The van der Waals surface area contributed by atoms with Gasteiger partial charge in [0.25, 0.3) is 5.91 Å². The van der Waals surface area contributed by atoms with Crippen molar-refractivity contribution >= 4 is 51.1 Å². The van der Waals surface area contributed by atoms with Gasteiger partial charge in [0.1, 0.15) is 11.8 Å². The van der Waals surface area contributed by atoms with Gasteiger partial charge in [-0.05, 0) is 55.2 Å². The Labute approximate surface area is 218 Å². The molecule has 9 nitrogen and oxygen atoms in total. The van der Waals surface area contributed by atoms with Crippen molar-refractivity contribution < 1.29 is 4.79 Å². The highest BCUT2D eigenvalue weighted by atomic mass is 35.5. The first-order valence-corrected chi connectivity index (χ1v) is 12.8. The lowest BCUT2D eigenvalue weighted by atomic mass is 10.1. The van der Waals surface area contributed by atoms with Crippen molar-refractivity contribution in [3.63, 3.8) is 0 Å². The van der Waals surface area contributed by atoms with Crippen molar-refractivity contribution in [2.24, 2.45) is 0 Å². The quantitative estimate of drug-likeness (QED) is 0.307. The Morgan fingerprint density at radius 3 is 2.78 bits per heavy atom. The summed E-state index contributed by atoms with van der Waals surface area (Å²) in [5.41, 5.74) is 11.7. The molecule has 188 valence electrons. The zero-order chi connectivity index (χ0) is 25.4. The van der Waals surface area contributed by atoms with E-state index in [9.17, 15) is 4.79 Å². The molecule has 4 heterocycles. The zero-order valence-corrected chi connectivity index (χ0v) is 21.0. The average molecular weight is 515 g/mol. The number of nitrogen functional groups attached to an aromatic ring is 1. The Bertz CT molecular complexity index is 1600. The standard InChI is InChI=1S/C27H27ClN8O/c28-19-10-17-12-20(13-30-27(37)21-6-2-3-7-22(21)35-8-4-1-5-9-35)34-23(17)18(11-19)14-36-16-33-24-25(29)31-15-32-26(24)36/h2-3,6-7,10-12,15-16,34H,1,4-5,8-9,13-14H2,(H,30,37)(H2,29,31,32). The summed E-state index contributed by atoms with van der Waals surface area (Å²) in [5.74, 6) is 0.264. The predicted molar refractivity (Wildman–Crippen MR) is 146 cm³/mol. The Kier molecular flexibility index (Phi) is 6.13. The molecule has 1 aliphatic rings. The van der Waals surface area contributed by atoms with Crippen LogP contribution in [0, 0.1) is 0 Å². The molecule has 0 aliphatic carbocycles. The molecule has 4 N–H and O–H groups in total. The van der Waals surface area contributed by atoms with Crippen LogP contribution in [0.5, 0.6) is 0 Å². The van der Waals surface area contributed by atoms with E-state index in [-0.39, 0.29) is 5.91 Å². The molecule has 0 saturated carbocycles. The molecule has 1 aliphatic heterocycles. The number of nitrogens with two attached hydrogens (primary N) is 1. The second kappa shape index (κ2) is 9.74. The number of benzene rings is 2. The van der Waals surface area contributed by atoms with Crippen LogP contribution in [0.4, 0.5) is 11.5 Å². The minimum absolute atomic E-state index is 0.0831. The van der Waals surface area contributed by atoms with Gasteiger partial charge in [-0.15, -0.1) is 0 Å². The molecular weight excluding hydrogens is 488 g/mol. The molecule has 3 aromatic heterocycles. The van der Waals surface area contributed by atoms with Gasteiger partial charge < -0.3 is 25.5 Å². The SMILES string of the molecule is Nc1ncnc2c1ncn2Cc1cc(Cl)cc2cc(CNC(=O)c3ccccc3N3CCCCC3)[nH]c12. The van der Waals surface area contributed by atoms with Gasteiger partial charge in [-0.1, -0.05) is 23.7 Å². The van der Waals surface area contributed by atoms with Crippen LogP contribution in [-0.4, -0.2) is 43.5 Å². The van der Waals surface area contributed by atoms with Crippen molar-refractivity contribution in [3.05, 3.63) is 77.0 Å². The molecule has 0 radical (unpaired) electrons. The molecule has 0 spiro atoms. The van der Waals surface area contributed by atoms with E-state index in [0.717, 1.165) is 53.8 Å². The van der Waals surface area contributed by atoms with Gasteiger partial charge in [0.2, 0.25) is 0 Å². The molecule has 5 aromatic rings. The lowest BCUT2D eigenvalue weighted by Crippen LogP contribution is -2.32. The number of hydrogen-bond donors (Lipinski definition) is 3. The van der Waals surface area contributed by atoms with E-state index in [4.69, 9.17) is 17.3 Å². The molecule has 1 saturated heterocycles. The van der Waals surface area contributed by atoms with Crippen LogP contribution in [-0.2, 0) is 13.1 Å². The normalized spacial score (nSPS) is 13.9. The van der Waals surface area contributed by atoms with Crippen LogP contribution < -0.4 is 16.0 Å². The number of carbonyl (C=O) groups excluding carboxylic acids is 1. The maximum absolute atomic E-state index is 13.2. The molecular formula is C27H27ClN8O. The fraction of sp³-hybridized carbons (Fsp3) is 0.259. The van der Waals surface area contributed by atoms with E-state index < -0.39 is 0 Å². The fourth-order valence-electron chi connectivity index (χ4n) is 5.10. The first-order chi connectivity index (χ1) is 18.1. The highest BCUT2D eigenvalue weighted by molar-refractivity contribution is 6.31. The summed E-state index contributed by atoms with van der Waals surface area (Å²) in [6, 6.07) is 13.7. The Balaban J connectivity index is 1.23. The maximum Gasteiger partial charge on any atom is 0.253 e. The monoisotopic (exact) mass is 514 g/mol. The van der Waals surface area contributed by atoms with Crippen LogP contribution >= 0.6 is 11.6 Å². The first kappa shape index (κ1) is 23.3. The van der Waals surface area contributed by atoms with Gasteiger partial charge in [0.05, 0.1) is 30.5 Å². The molecule has 37 heavy (non-hydrogen) atoms. The zero-order valence-electron chi connectivity index (χ0n) is 20.2. The van der Waals surface area contributed by atoms with Gasteiger partial charge in [-0.25, -0.2) is 15.0 Å². The third-order valence-corrected chi connectivity index (χ3v) is 7.10. The second-order valence-corrected chi connectivity index (χ2v) is 9.81. The molecule has 0 atom stereocenters. The van der Waals surface area contributed by atoms with Gasteiger partial charge in [0, 0.05) is 34.9 Å². The molecule has 10 heteroatoms. The number of piperidine rings is 1. The number of fused-ring (bicyclic) bond motifs is 2. The molecule has 2 aromatic carbocycles. The van der Waals surface area contributed by atoms with E-state index >= 15 is 0 Å². The highest BCUT2D eigenvalue weighted by Gasteiger charge is 2.18. The number of halogens is 1. The summed E-state index contributed by atoms with van der Waals surface area (Å²) < 4.78 is 1.91. The molecule has 6 rings (SSSR count). The number of nitrogens with one attached hydrogen (secondary N) is 2. The summed E-state index contributed by atoms with van der Waals surface area (Å²) in [5, 5.41) is 4.69. The van der Waals surface area contributed by atoms with Crippen molar-refractivity contribution in [3.8, 4) is 0 Å². The van der Waals surface area contributed by atoms with Crippen LogP contribution in [0.1, 0.15) is 40.9 Å². The molecule has 0 bridgehead atoms. The Hall–Kier alpha value is -4.11. The minimum atomic E-state index is -0.0831. The van der Waals surface area contributed by atoms with Gasteiger partial charge in [-0.3, -0.25) is 4.79 Å². The Morgan fingerprint density at radius 1 is 1.08 bits per heavy atom. The van der Waals surface area contributed by atoms with Gasteiger partial charge >= 0.3 is 0 Å². The molecule has 1 amide bonds. The second-order valence-electron chi connectivity index (χ2n) is 9.37. The van der Waals surface area contributed by atoms with Crippen LogP contribution in [0.25, 0.3) is 22.1 Å². The van der Waals surface area contributed by atoms with E-state index in [2.05, 4.69) is 30.2 Å². The highest BCUT2D eigenvalue weighted by Crippen LogP contribution is 2.27. The summed E-state index contributed by atoms with van der Waals surface area (Å²) in [7, 11) is 0. The smallest absolute Gasteiger partial charge is 0.253 e. The minimum Gasteiger partial charge on any atom is -0.382 e. The number of rotatable bonds is 6. The van der Waals surface area contributed by atoms with Crippen molar-refractivity contribution in [1.29, 1.82) is 0 Å². The van der Waals surface area contributed by atoms with E-state index in [0.29, 0.717) is 40.7 Å². The average Bonchev–Trinajstić information content (AvgIpc) is 3.52. The number of aromatic amines is 1. The fourth-order valence-corrected chi connectivity index (χ4v) is 5.35. The maximum atomic E-state index is 13.2. The first-order valence-electron chi connectivity index (χ1n) is 12.4. The largest absolute Gasteiger partial charge is 0.382 e. The summed E-state index contributed by atoms with van der Waals surface area (Å²) in [4.78, 5) is 31.7. The number of H-pyrrole nitrogens is 1. The number of para-hydroxylation sites is 1. The third-order valence-electron chi connectivity index (χ3n) is 6.89. The van der Waals surface area contributed by atoms with E-state index in [1.807, 2.05) is 47.0 Å². The summed E-state index contributed by atoms with van der Waals surface area (Å²) in [6.45, 7) is 2.84. The number of carbonyl (C=O) groups is 1. The lowest BCUT2D eigenvalue weighted by Gasteiger charge is -2.30. The number of hydrogen-bond acceptors (Lipinski definition) is 6. The molecule has 0 unspecified atom stereocenters.